The van der Waals surface area contributed by atoms with Crippen molar-refractivity contribution < 1.29 is 9.59 Å². The monoisotopic (exact) mass is 387 g/mol. The zero-order valence-corrected chi connectivity index (χ0v) is 18.1. The average Bonchev–Trinajstić information content (AvgIpc) is 2.62. The maximum absolute atomic E-state index is 12.0. The number of nitrogens with one attached hydrogen (secondary N) is 2. The number of carbonyl (C=O) groups is 2. The van der Waals surface area contributed by atoms with Crippen molar-refractivity contribution in [2.24, 2.45) is 35.0 Å². The van der Waals surface area contributed by atoms with E-state index in [2.05, 4.69) is 38.3 Å². The van der Waals surface area contributed by atoms with E-state index in [0.29, 0.717) is 32.1 Å². The van der Waals surface area contributed by atoms with Gasteiger partial charge in [0.15, 0.2) is 0 Å². The zero-order valence-electron chi connectivity index (χ0n) is 18.1. The summed E-state index contributed by atoms with van der Waals surface area (Å²) in [7, 11) is 0. The molecule has 162 valence electrons. The first kappa shape index (κ1) is 28.0. The minimum absolute atomic E-state index is 0.0814. The molecule has 0 saturated carbocycles. The molecule has 0 aliphatic heterocycles. The van der Waals surface area contributed by atoms with Crippen LogP contribution in [0, 0.1) is 17.8 Å². The van der Waals surface area contributed by atoms with E-state index >= 15 is 0 Å². The van der Waals surface area contributed by atoms with Crippen LogP contribution in [0.1, 0.15) is 66.2 Å². The SMILES string of the molecule is CC(C)CCCC(CC(=O)NCCN)C(=O)NCCN.CC(C)CCCN. The van der Waals surface area contributed by atoms with E-state index in [1.54, 1.807) is 0 Å². The molecule has 0 spiro atoms. The summed E-state index contributed by atoms with van der Waals surface area (Å²) in [5.41, 5.74) is 16.0. The van der Waals surface area contributed by atoms with Gasteiger partial charge in [0.1, 0.15) is 0 Å². The minimum Gasteiger partial charge on any atom is -0.355 e. The van der Waals surface area contributed by atoms with Gasteiger partial charge in [-0.05, 0) is 37.6 Å². The molecule has 7 nitrogen and oxygen atoms in total. The lowest BCUT2D eigenvalue weighted by atomic mass is 9.94. The van der Waals surface area contributed by atoms with Gasteiger partial charge in [-0.15, -0.1) is 0 Å². The molecular weight excluding hydrogens is 342 g/mol. The fraction of sp³-hybridized carbons (Fsp3) is 0.900. The third-order valence-corrected chi connectivity index (χ3v) is 4.03. The van der Waals surface area contributed by atoms with Crippen molar-refractivity contribution in [3.63, 3.8) is 0 Å². The van der Waals surface area contributed by atoms with Crippen molar-refractivity contribution >= 4 is 11.8 Å². The molecule has 2 amide bonds. The van der Waals surface area contributed by atoms with Crippen LogP contribution in [0.15, 0.2) is 0 Å². The number of nitrogens with two attached hydrogens (primary N) is 3. The lowest BCUT2D eigenvalue weighted by Gasteiger charge is -2.17. The Balaban J connectivity index is 0. The maximum atomic E-state index is 12.0. The van der Waals surface area contributed by atoms with E-state index in [0.717, 1.165) is 31.7 Å². The Morgan fingerprint density at radius 3 is 1.70 bits per heavy atom. The van der Waals surface area contributed by atoms with Crippen molar-refractivity contribution in [2.75, 3.05) is 32.7 Å². The minimum atomic E-state index is -0.280. The van der Waals surface area contributed by atoms with E-state index in [1.807, 2.05) is 0 Å². The lowest BCUT2D eigenvalue weighted by Crippen LogP contribution is -2.38. The predicted octanol–water partition coefficient (Wildman–Crippen LogP) is 1.35. The molecule has 27 heavy (non-hydrogen) atoms. The molecule has 0 aliphatic carbocycles. The highest BCUT2D eigenvalue weighted by atomic mass is 16.2. The fourth-order valence-electron chi connectivity index (χ4n) is 2.47. The largest absolute Gasteiger partial charge is 0.355 e. The molecule has 0 rings (SSSR count). The van der Waals surface area contributed by atoms with Crippen LogP contribution in [0.3, 0.4) is 0 Å². The van der Waals surface area contributed by atoms with Crippen LogP contribution >= 0.6 is 0 Å². The lowest BCUT2D eigenvalue weighted by molar-refractivity contribution is -0.130. The van der Waals surface area contributed by atoms with E-state index in [-0.39, 0.29) is 24.2 Å². The molecule has 8 N–H and O–H groups in total. The first-order valence-corrected chi connectivity index (χ1v) is 10.4. The summed E-state index contributed by atoms with van der Waals surface area (Å²) in [6.45, 7) is 11.3. The zero-order chi connectivity index (χ0) is 21.1. The second-order valence-corrected chi connectivity index (χ2v) is 7.77. The molecule has 0 saturated heterocycles. The molecule has 0 radical (unpaired) electrons. The Morgan fingerprint density at radius 1 is 0.741 bits per heavy atom. The van der Waals surface area contributed by atoms with Crippen molar-refractivity contribution in [2.45, 2.75) is 66.2 Å². The van der Waals surface area contributed by atoms with Crippen LogP contribution in [-0.2, 0) is 9.59 Å². The summed E-state index contributed by atoms with van der Waals surface area (Å²) >= 11 is 0. The molecule has 0 heterocycles. The van der Waals surface area contributed by atoms with Crippen LogP contribution in [0.4, 0.5) is 0 Å². The molecular formula is C20H45N5O2. The van der Waals surface area contributed by atoms with Crippen LogP contribution in [0.2, 0.25) is 0 Å². The molecule has 0 aliphatic rings. The van der Waals surface area contributed by atoms with Gasteiger partial charge in [0.25, 0.3) is 0 Å². The summed E-state index contributed by atoms with van der Waals surface area (Å²) < 4.78 is 0. The van der Waals surface area contributed by atoms with Crippen LogP contribution < -0.4 is 27.8 Å². The van der Waals surface area contributed by atoms with Crippen LogP contribution in [-0.4, -0.2) is 44.5 Å². The number of carbonyl (C=O) groups excluding carboxylic acids is 2. The van der Waals surface area contributed by atoms with Crippen molar-refractivity contribution in [1.29, 1.82) is 0 Å². The third-order valence-electron chi connectivity index (χ3n) is 4.03. The number of hydrogen-bond acceptors (Lipinski definition) is 5. The number of rotatable bonds is 14. The first-order chi connectivity index (χ1) is 12.8. The molecule has 7 heteroatoms. The highest BCUT2D eigenvalue weighted by molar-refractivity contribution is 5.85. The van der Waals surface area contributed by atoms with E-state index in [1.165, 1.54) is 12.8 Å². The van der Waals surface area contributed by atoms with Gasteiger partial charge in [0, 0.05) is 38.5 Å². The Kier molecular flexibility index (Phi) is 20.3. The predicted molar refractivity (Wildman–Crippen MR) is 114 cm³/mol. The molecule has 0 bridgehead atoms. The smallest absolute Gasteiger partial charge is 0.223 e. The Bertz CT molecular complexity index is 362. The van der Waals surface area contributed by atoms with E-state index in [4.69, 9.17) is 17.2 Å². The van der Waals surface area contributed by atoms with Crippen LogP contribution in [0.25, 0.3) is 0 Å². The maximum Gasteiger partial charge on any atom is 0.223 e. The normalized spacial score (nSPS) is 11.7. The molecule has 1 atom stereocenters. The topological polar surface area (TPSA) is 136 Å². The van der Waals surface area contributed by atoms with E-state index in [9.17, 15) is 9.59 Å². The summed E-state index contributed by atoms with van der Waals surface area (Å²) in [4.78, 5) is 23.7. The highest BCUT2D eigenvalue weighted by Crippen LogP contribution is 2.16. The van der Waals surface area contributed by atoms with Gasteiger partial charge >= 0.3 is 0 Å². The average molecular weight is 388 g/mol. The fourth-order valence-corrected chi connectivity index (χ4v) is 2.47. The van der Waals surface area contributed by atoms with Gasteiger partial charge in [-0.3, -0.25) is 9.59 Å². The van der Waals surface area contributed by atoms with Gasteiger partial charge < -0.3 is 27.8 Å². The number of hydrogen-bond donors (Lipinski definition) is 5. The molecule has 0 aromatic rings. The van der Waals surface area contributed by atoms with Gasteiger partial charge in [0.2, 0.25) is 11.8 Å². The molecule has 0 aromatic carbocycles. The second kappa shape index (κ2) is 19.6. The standard InChI is InChI=1S/C14H30N4O2.C6H15N/c1-11(2)4-3-5-12(14(20)18-9-7-16)10-13(19)17-8-6-15;1-6(2)4-3-5-7/h11-12H,3-10,15-16H2,1-2H3,(H,17,19)(H,18,20);6H,3-5,7H2,1-2H3. The van der Waals surface area contributed by atoms with Gasteiger partial charge in [-0.1, -0.05) is 40.5 Å². The Hall–Kier alpha value is -1.18. The Labute approximate surface area is 166 Å². The summed E-state index contributed by atoms with van der Waals surface area (Å²) in [6, 6.07) is 0. The summed E-state index contributed by atoms with van der Waals surface area (Å²) in [5.74, 6) is 0.949. The van der Waals surface area contributed by atoms with Gasteiger partial charge in [0.05, 0.1) is 0 Å². The first-order valence-electron chi connectivity index (χ1n) is 10.4. The highest BCUT2D eigenvalue weighted by Gasteiger charge is 2.21. The second-order valence-electron chi connectivity index (χ2n) is 7.77. The van der Waals surface area contributed by atoms with Gasteiger partial charge in [-0.25, -0.2) is 0 Å². The van der Waals surface area contributed by atoms with Crippen molar-refractivity contribution in [3.8, 4) is 0 Å². The summed E-state index contributed by atoms with van der Waals surface area (Å²) in [6.07, 6.45) is 5.40. The van der Waals surface area contributed by atoms with E-state index < -0.39 is 0 Å². The molecule has 1 unspecified atom stereocenters. The quantitative estimate of drug-likeness (QED) is 0.306. The molecule has 0 fully saturated rings. The summed E-state index contributed by atoms with van der Waals surface area (Å²) in [5, 5.41) is 5.47. The number of amides is 2. The van der Waals surface area contributed by atoms with Gasteiger partial charge in [-0.2, -0.15) is 0 Å². The third kappa shape index (κ3) is 21.0. The van der Waals surface area contributed by atoms with Crippen molar-refractivity contribution in [1.82, 2.24) is 10.6 Å². The molecule has 0 aromatic heterocycles. The van der Waals surface area contributed by atoms with Crippen molar-refractivity contribution in [3.05, 3.63) is 0 Å². The van der Waals surface area contributed by atoms with Crippen LogP contribution in [0.5, 0.6) is 0 Å². The Morgan fingerprint density at radius 2 is 1.26 bits per heavy atom.